The molecule has 3 aliphatic heterocycles. The highest BCUT2D eigenvalue weighted by Gasteiger charge is 2.73. The molecule has 3 aromatic rings. The van der Waals surface area contributed by atoms with Crippen molar-refractivity contribution in [3.05, 3.63) is 59.2 Å². The van der Waals surface area contributed by atoms with E-state index in [4.69, 9.17) is 0 Å². The van der Waals surface area contributed by atoms with Gasteiger partial charge in [-0.15, -0.1) is 0 Å². The van der Waals surface area contributed by atoms with Crippen molar-refractivity contribution in [3.8, 4) is 11.3 Å². The predicted octanol–water partition coefficient (Wildman–Crippen LogP) is 5.79. The van der Waals surface area contributed by atoms with Gasteiger partial charge in [0.2, 0.25) is 15.9 Å². The van der Waals surface area contributed by atoms with Crippen molar-refractivity contribution in [1.29, 1.82) is 0 Å². The van der Waals surface area contributed by atoms with Gasteiger partial charge in [0.05, 0.1) is 16.4 Å². The van der Waals surface area contributed by atoms with E-state index in [0.29, 0.717) is 18.0 Å². The second kappa shape index (κ2) is 10.4. The van der Waals surface area contributed by atoms with Gasteiger partial charge in [0.15, 0.2) is 0 Å². The molecule has 8 rings (SSSR count). The second-order valence-corrected chi connectivity index (χ2v) is 17.6. The molecule has 244 valence electrons. The monoisotopic (exact) mass is 642 g/mol. The van der Waals surface area contributed by atoms with Crippen LogP contribution in [0.15, 0.2) is 42.5 Å². The molecule has 2 bridgehead atoms. The molecule has 2 aromatic carbocycles. The molecular formula is C37H46N4O4S. The number of carbonyl (C=O) groups excluding carboxylic acids is 2. The lowest BCUT2D eigenvalue weighted by atomic mass is 9.79. The van der Waals surface area contributed by atoms with Crippen molar-refractivity contribution >= 4 is 32.7 Å². The molecule has 8 nitrogen and oxygen atoms in total. The number of likely N-dealkylation sites (tertiary alicyclic amines) is 1. The minimum Gasteiger partial charge on any atom is -0.339 e. The van der Waals surface area contributed by atoms with Gasteiger partial charge in [-0.1, -0.05) is 56.5 Å². The number of benzene rings is 2. The zero-order valence-corrected chi connectivity index (χ0v) is 28.3. The van der Waals surface area contributed by atoms with Crippen LogP contribution in [0, 0.1) is 5.41 Å². The molecule has 2 aliphatic carbocycles. The van der Waals surface area contributed by atoms with Crippen LogP contribution in [0.2, 0.25) is 0 Å². The van der Waals surface area contributed by atoms with Gasteiger partial charge < -0.3 is 14.4 Å². The molecular weight excluding hydrogens is 596 g/mol. The molecule has 0 spiro atoms. The summed E-state index contributed by atoms with van der Waals surface area (Å²) >= 11 is 0. The molecule has 2 amide bonds. The molecule has 2 saturated carbocycles. The van der Waals surface area contributed by atoms with E-state index in [0.717, 1.165) is 56.1 Å². The van der Waals surface area contributed by atoms with E-state index in [2.05, 4.69) is 57.3 Å². The van der Waals surface area contributed by atoms with E-state index in [1.54, 1.807) is 19.9 Å². The molecule has 5 aliphatic rings. The highest BCUT2D eigenvalue weighted by Crippen LogP contribution is 2.70. The Morgan fingerprint density at radius 2 is 1.65 bits per heavy atom. The zero-order chi connectivity index (χ0) is 32.2. The lowest BCUT2D eigenvalue weighted by Gasteiger charge is -2.42. The van der Waals surface area contributed by atoms with E-state index in [1.807, 2.05) is 12.1 Å². The number of nitrogens with one attached hydrogen (secondary N) is 1. The highest BCUT2D eigenvalue weighted by molar-refractivity contribution is 7.90. The summed E-state index contributed by atoms with van der Waals surface area (Å²) in [6.07, 6.45) is 8.79. The molecule has 4 fully saturated rings. The van der Waals surface area contributed by atoms with Crippen LogP contribution in [0.1, 0.15) is 99.5 Å². The number of aromatic nitrogens is 1. The second-order valence-electron chi connectivity index (χ2n) is 15.4. The van der Waals surface area contributed by atoms with Crippen LogP contribution in [0.25, 0.3) is 22.2 Å². The lowest BCUT2D eigenvalue weighted by Crippen LogP contribution is -2.57. The normalized spacial score (nSPS) is 29.3. The van der Waals surface area contributed by atoms with Crippen LogP contribution in [-0.2, 0) is 26.8 Å². The quantitative estimate of drug-likeness (QED) is 0.381. The van der Waals surface area contributed by atoms with E-state index >= 15 is 4.79 Å². The average molecular weight is 643 g/mol. The smallest absolute Gasteiger partial charge is 0.264 e. The molecule has 1 N–H and O–H groups in total. The van der Waals surface area contributed by atoms with Crippen molar-refractivity contribution in [3.63, 3.8) is 0 Å². The van der Waals surface area contributed by atoms with Crippen molar-refractivity contribution in [2.24, 2.45) is 5.41 Å². The SMILES string of the molecule is CC(C)S(=O)(=O)NC(=O)c1ccc2c(C3CCCCC3)c3n(c2c1)C[C@]1(C(=O)N2C4CCC2CN(C)C4)C[C@@]1(C)c1ccccc1-3. The first kappa shape index (κ1) is 30.2. The van der Waals surface area contributed by atoms with Crippen LogP contribution in [0.5, 0.6) is 0 Å². The van der Waals surface area contributed by atoms with Crippen molar-refractivity contribution in [2.45, 2.75) is 107 Å². The Kier molecular flexibility index (Phi) is 6.83. The fourth-order valence-electron chi connectivity index (χ4n) is 9.74. The number of likely N-dealkylation sites (N-methyl/N-ethyl adjacent to an activating group) is 1. The Morgan fingerprint density at radius 3 is 2.35 bits per heavy atom. The number of fused-ring (bicyclic) bond motifs is 9. The number of nitrogens with zero attached hydrogens (tertiary/aromatic N) is 3. The first-order valence-electron chi connectivity index (χ1n) is 17.3. The summed E-state index contributed by atoms with van der Waals surface area (Å²) in [4.78, 5) is 33.1. The number of hydrogen-bond donors (Lipinski definition) is 1. The Morgan fingerprint density at radius 1 is 0.957 bits per heavy atom. The van der Waals surface area contributed by atoms with Crippen molar-refractivity contribution in [2.75, 3.05) is 20.1 Å². The molecule has 9 heteroatoms. The average Bonchev–Trinajstić information content (AvgIpc) is 3.42. The first-order valence-corrected chi connectivity index (χ1v) is 18.8. The van der Waals surface area contributed by atoms with Crippen molar-refractivity contribution < 1.29 is 18.0 Å². The summed E-state index contributed by atoms with van der Waals surface area (Å²) in [5.41, 5.74) is 5.33. The van der Waals surface area contributed by atoms with Gasteiger partial charge in [0.25, 0.3) is 5.91 Å². The number of amides is 2. The minimum atomic E-state index is -3.79. The van der Waals surface area contributed by atoms with Gasteiger partial charge in [0.1, 0.15) is 0 Å². The van der Waals surface area contributed by atoms with Crippen molar-refractivity contribution in [1.82, 2.24) is 19.1 Å². The van der Waals surface area contributed by atoms with Crippen LogP contribution < -0.4 is 4.72 Å². The first-order chi connectivity index (χ1) is 21.9. The number of sulfonamides is 1. The summed E-state index contributed by atoms with van der Waals surface area (Å²) in [7, 11) is -1.62. The third-order valence-corrected chi connectivity index (χ3v) is 14.0. The van der Waals surface area contributed by atoms with E-state index in [1.165, 1.54) is 41.6 Å². The lowest BCUT2D eigenvalue weighted by molar-refractivity contribution is -0.144. The fourth-order valence-corrected chi connectivity index (χ4v) is 10.3. The molecule has 2 unspecified atom stereocenters. The maximum absolute atomic E-state index is 15.1. The minimum absolute atomic E-state index is 0.255. The summed E-state index contributed by atoms with van der Waals surface area (Å²) in [6, 6.07) is 14.9. The van der Waals surface area contributed by atoms with E-state index in [9.17, 15) is 13.2 Å². The van der Waals surface area contributed by atoms with Gasteiger partial charge >= 0.3 is 0 Å². The molecule has 0 radical (unpaired) electrons. The third kappa shape index (κ3) is 4.29. The molecule has 1 aromatic heterocycles. The molecule has 4 heterocycles. The summed E-state index contributed by atoms with van der Waals surface area (Å²) in [5, 5.41) is 0.397. The third-order valence-electron chi connectivity index (χ3n) is 12.3. The summed E-state index contributed by atoms with van der Waals surface area (Å²) in [5.74, 6) is 0.0654. The maximum Gasteiger partial charge on any atom is 0.264 e. The van der Waals surface area contributed by atoms with Crippen LogP contribution >= 0.6 is 0 Å². The molecule has 4 atom stereocenters. The summed E-state index contributed by atoms with van der Waals surface area (Å²) in [6.45, 7) is 7.83. The predicted molar refractivity (Wildman–Crippen MR) is 180 cm³/mol. The summed E-state index contributed by atoms with van der Waals surface area (Å²) < 4.78 is 29.9. The largest absolute Gasteiger partial charge is 0.339 e. The number of carbonyl (C=O) groups is 2. The van der Waals surface area contributed by atoms with E-state index < -0.39 is 26.6 Å². The topological polar surface area (TPSA) is 91.7 Å². The maximum atomic E-state index is 15.1. The number of hydrogen-bond acceptors (Lipinski definition) is 5. The van der Waals surface area contributed by atoms with Crippen LogP contribution in [-0.4, -0.2) is 72.1 Å². The van der Waals surface area contributed by atoms with E-state index in [-0.39, 0.29) is 23.4 Å². The molecule has 2 saturated heterocycles. The van der Waals surface area contributed by atoms with Crippen LogP contribution in [0.4, 0.5) is 0 Å². The molecule has 46 heavy (non-hydrogen) atoms. The fraction of sp³-hybridized carbons (Fsp3) is 0.568. The Bertz CT molecular complexity index is 1860. The van der Waals surface area contributed by atoms with Crippen LogP contribution in [0.3, 0.4) is 0 Å². The Hall–Kier alpha value is -3.17. The van der Waals surface area contributed by atoms with Gasteiger partial charge in [-0.25, -0.2) is 13.1 Å². The van der Waals surface area contributed by atoms with Gasteiger partial charge in [-0.3, -0.25) is 9.59 Å². The zero-order valence-electron chi connectivity index (χ0n) is 27.5. The van der Waals surface area contributed by atoms with Gasteiger partial charge in [-0.2, -0.15) is 0 Å². The highest BCUT2D eigenvalue weighted by atomic mass is 32.2. The van der Waals surface area contributed by atoms with Gasteiger partial charge in [0, 0.05) is 59.2 Å². The standard InChI is InChI=1S/C37H46N4O4S/c1-23(2)46(44,45)38-34(42)25-14-17-29-31(18-25)40-22-37(35(43)41-26-15-16-27(41)20-39(4)19-26)21-36(37,3)30-13-9-8-12-28(30)33(40)32(29)24-10-6-5-7-11-24/h8-9,12-14,17-18,23-24,26-27H,5-7,10-11,15-16,19-22H2,1-4H3,(H,38,42)/t26?,27?,36-,37-/m0/s1. The van der Waals surface area contributed by atoms with Gasteiger partial charge in [-0.05, 0) is 82.2 Å². The number of piperazine rings is 1. The Balaban J connectivity index is 1.32. The Labute approximate surface area is 272 Å². The number of rotatable bonds is 5.